The molecule has 1 aliphatic rings. The topological polar surface area (TPSA) is 62.7 Å². The minimum atomic E-state index is -0.352. The fourth-order valence-electron chi connectivity index (χ4n) is 2.37. The average Bonchev–Trinajstić information content (AvgIpc) is 2.73. The quantitative estimate of drug-likeness (QED) is 0.786. The zero-order valence-corrected chi connectivity index (χ0v) is 12.5. The zero-order chi connectivity index (χ0) is 15.2. The van der Waals surface area contributed by atoms with Gasteiger partial charge in [-0.3, -0.25) is 4.79 Å². The first-order valence-corrected chi connectivity index (χ1v) is 7.25. The molecule has 1 fully saturated rings. The van der Waals surface area contributed by atoms with Crippen molar-refractivity contribution in [2.24, 2.45) is 0 Å². The SMILES string of the molecule is CCOC(=O)c1ccc(N2CCCN(C(C)=O)CC2)nc1. The number of carbonyl (C=O) groups is 2. The van der Waals surface area contributed by atoms with Gasteiger partial charge in [0.1, 0.15) is 5.82 Å². The Bertz CT molecular complexity index is 501. The van der Waals surface area contributed by atoms with E-state index in [0.29, 0.717) is 18.7 Å². The van der Waals surface area contributed by atoms with Gasteiger partial charge in [0.25, 0.3) is 0 Å². The van der Waals surface area contributed by atoms with Crippen LogP contribution in [-0.2, 0) is 9.53 Å². The third-order valence-corrected chi connectivity index (χ3v) is 3.52. The highest BCUT2D eigenvalue weighted by atomic mass is 16.5. The molecule has 0 aliphatic carbocycles. The number of amides is 1. The molecule has 0 unspecified atom stereocenters. The lowest BCUT2D eigenvalue weighted by Crippen LogP contribution is -2.33. The van der Waals surface area contributed by atoms with Gasteiger partial charge in [-0.05, 0) is 25.5 Å². The maximum absolute atomic E-state index is 11.6. The van der Waals surface area contributed by atoms with Crippen LogP contribution in [-0.4, -0.2) is 54.5 Å². The van der Waals surface area contributed by atoms with Crippen molar-refractivity contribution in [1.82, 2.24) is 9.88 Å². The van der Waals surface area contributed by atoms with Crippen molar-refractivity contribution in [2.45, 2.75) is 20.3 Å². The number of ether oxygens (including phenoxy) is 1. The molecule has 2 heterocycles. The third kappa shape index (κ3) is 3.93. The van der Waals surface area contributed by atoms with Gasteiger partial charge in [0.15, 0.2) is 0 Å². The summed E-state index contributed by atoms with van der Waals surface area (Å²) in [5, 5.41) is 0. The number of hydrogen-bond donors (Lipinski definition) is 0. The van der Waals surface area contributed by atoms with Crippen molar-refractivity contribution in [3.8, 4) is 0 Å². The van der Waals surface area contributed by atoms with Crippen LogP contribution < -0.4 is 4.90 Å². The Morgan fingerprint density at radius 1 is 1.24 bits per heavy atom. The third-order valence-electron chi connectivity index (χ3n) is 3.52. The molecule has 1 aromatic rings. The van der Waals surface area contributed by atoms with Gasteiger partial charge in [0, 0.05) is 39.3 Å². The molecule has 0 atom stereocenters. The summed E-state index contributed by atoms with van der Waals surface area (Å²) < 4.78 is 4.94. The van der Waals surface area contributed by atoms with Crippen LogP contribution in [0.1, 0.15) is 30.6 Å². The number of esters is 1. The largest absolute Gasteiger partial charge is 0.462 e. The number of nitrogens with zero attached hydrogens (tertiary/aromatic N) is 3. The number of carbonyl (C=O) groups excluding carboxylic acids is 2. The summed E-state index contributed by atoms with van der Waals surface area (Å²) in [5.74, 6) is 0.589. The summed E-state index contributed by atoms with van der Waals surface area (Å²) in [6.45, 7) is 6.83. The molecular formula is C15H21N3O3. The molecule has 21 heavy (non-hydrogen) atoms. The van der Waals surface area contributed by atoms with Crippen molar-refractivity contribution in [3.63, 3.8) is 0 Å². The van der Waals surface area contributed by atoms with E-state index in [1.807, 2.05) is 11.0 Å². The lowest BCUT2D eigenvalue weighted by atomic mass is 10.2. The molecule has 1 saturated heterocycles. The molecule has 0 N–H and O–H groups in total. The summed E-state index contributed by atoms with van der Waals surface area (Å²) in [5.41, 5.74) is 0.459. The molecule has 1 amide bonds. The standard InChI is InChI=1S/C15H21N3O3/c1-3-21-15(20)13-5-6-14(16-11-13)18-8-4-7-17(9-10-18)12(2)19/h5-6,11H,3-4,7-10H2,1-2H3. The van der Waals surface area contributed by atoms with Gasteiger partial charge in [-0.25, -0.2) is 9.78 Å². The van der Waals surface area contributed by atoms with Crippen LogP contribution in [0.2, 0.25) is 0 Å². The van der Waals surface area contributed by atoms with Crippen molar-refractivity contribution < 1.29 is 14.3 Å². The first-order chi connectivity index (χ1) is 10.1. The van der Waals surface area contributed by atoms with E-state index >= 15 is 0 Å². The van der Waals surface area contributed by atoms with Gasteiger partial charge in [-0.15, -0.1) is 0 Å². The molecule has 0 aromatic carbocycles. The van der Waals surface area contributed by atoms with Crippen LogP contribution in [0.15, 0.2) is 18.3 Å². The Hall–Kier alpha value is -2.11. The second-order valence-electron chi connectivity index (χ2n) is 4.97. The normalized spacial score (nSPS) is 15.5. The molecule has 0 saturated carbocycles. The van der Waals surface area contributed by atoms with Crippen LogP contribution in [0, 0.1) is 0 Å². The second-order valence-corrected chi connectivity index (χ2v) is 4.97. The van der Waals surface area contributed by atoms with Gasteiger partial charge in [0.2, 0.25) is 5.91 Å². The van der Waals surface area contributed by atoms with E-state index in [1.54, 1.807) is 26.1 Å². The highest BCUT2D eigenvalue weighted by Crippen LogP contribution is 2.15. The molecule has 6 nitrogen and oxygen atoms in total. The monoisotopic (exact) mass is 291 g/mol. The Morgan fingerprint density at radius 2 is 2.05 bits per heavy atom. The molecular weight excluding hydrogens is 270 g/mol. The van der Waals surface area contributed by atoms with Crippen molar-refractivity contribution in [2.75, 3.05) is 37.7 Å². The number of pyridine rings is 1. The number of aromatic nitrogens is 1. The predicted octanol–water partition coefficient (Wildman–Crippen LogP) is 1.32. The van der Waals surface area contributed by atoms with Gasteiger partial charge < -0.3 is 14.5 Å². The van der Waals surface area contributed by atoms with Gasteiger partial charge in [0.05, 0.1) is 12.2 Å². The molecule has 0 radical (unpaired) electrons. The van der Waals surface area contributed by atoms with Crippen molar-refractivity contribution in [3.05, 3.63) is 23.9 Å². The summed E-state index contributed by atoms with van der Waals surface area (Å²) in [6.07, 6.45) is 2.46. The van der Waals surface area contributed by atoms with Crippen LogP contribution in [0.25, 0.3) is 0 Å². The fourth-order valence-corrected chi connectivity index (χ4v) is 2.37. The van der Waals surface area contributed by atoms with Crippen LogP contribution in [0.3, 0.4) is 0 Å². The first-order valence-electron chi connectivity index (χ1n) is 7.25. The molecule has 114 valence electrons. The molecule has 0 bridgehead atoms. The smallest absolute Gasteiger partial charge is 0.339 e. The summed E-state index contributed by atoms with van der Waals surface area (Å²) in [4.78, 5) is 31.3. The number of rotatable bonds is 3. The molecule has 6 heteroatoms. The Balaban J connectivity index is 2.02. The van der Waals surface area contributed by atoms with Crippen LogP contribution in [0.5, 0.6) is 0 Å². The average molecular weight is 291 g/mol. The molecule has 2 rings (SSSR count). The molecule has 1 aliphatic heterocycles. The van der Waals surface area contributed by atoms with E-state index in [9.17, 15) is 9.59 Å². The fraction of sp³-hybridized carbons (Fsp3) is 0.533. The lowest BCUT2D eigenvalue weighted by molar-refractivity contribution is -0.128. The molecule has 1 aromatic heterocycles. The van der Waals surface area contributed by atoms with Crippen molar-refractivity contribution >= 4 is 17.7 Å². The van der Waals surface area contributed by atoms with Gasteiger partial charge in [-0.2, -0.15) is 0 Å². The van der Waals surface area contributed by atoms with Gasteiger partial charge in [-0.1, -0.05) is 0 Å². The van der Waals surface area contributed by atoms with E-state index in [0.717, 1.165) is 31.9 Å². The first kappa shape index (κ1) is 15.3. The lowest BCUT2D eigenvalue weighted by Gasteiger charge is -2.22. The zero-order valence-electron chi connectivity index (χ0n) is 12.5. The Morgan fingerprint density at radius 3 is 2.67 bits per heavy atom. The van der Waals surface area contributed by atoms with E-state index in [2.05, 4.69) is 9.88 Å². The highest BCUT2D eigenvalue weighted by molar-refractivity contribution is 5.89. The van der Waals surface area contributed by atoms with Gasteiger partial charge >= 0.3 is 5.97 Å². The van der Waals surface area contributed by atoms with Crippen LogP contribution >= 0.6 is 0 Å². The second kappa shape index (κ2) is 7.06. The van der Waals surface area contributed by atoms with E-state index in [1.165, 1.54) is 0 Å². The van der Waals surface area contributed by atoms with Crippen molar-refractivity contribution in [1.29, 1.82) is 0 Å². The summed E-state index contributed by atoms with van der Waals surface area (Å²) in [6, 6.07) is 3.56. The van der Waals surface area contributed by atoms with E-state index in [-0.39, 0.29) is 11.9 Å². The Kier molecular flexibility index (Phi) is 5.14. The Labute approximate surface area is 124 Å². The highest BCUT2D eigenvalue weighted by Gasteiger charge is 2.17. The maximum Gasteiger partial charge on any atom is 0.339 e. The molecule has 0 spiro atoms. The minimum absolute atomic E-state index is 0.113. The van der Waals surface area contributed by atoms with Crippen LogP contribution in [0.4, 0.5) is 5.82 Å². The predicted molar refractivity (Wildman–Crippen MR) is 79.3 cm³/mol. The summed E-state index contributed by atoms with van der Waals surface area (Å²) in [7, 11) is 0. The van der Waals surface area contributed by atoms with E-state index < -0.39 is 0 Å². The van der Waals surface area contributed by atoms with E-state index in [4.69, 9.17) is 4.74 Å². The summed E-state index contributed by atoms with van der Waals surface area (Å²) >= 11 is 0. The minimum Gasteiger partial charge on any atom is -0.462 e. The number of anilines is 1. The maximum atomic E-state index is 11.6. The number of hydrogen-bond acceptors (Lipinski definition) is 5.